The molecule has 0 aliphatic rings. The lowest BCUT2D eigenvalue weighted by Gasteiger charge is -2.17. The Balaban J connectivity index is 2.02. The van der Waals surface area contributed by atoms with Crippen LogP contribution in [0.2, 0.25) is 8.67 Å². The highest BCUT2D eigenvalue weighted by molar-refractivity contribution is 9.10. The first kappa shape index (κ1) is 18.3. The van der Waals surface area contributed by atoms with Crippen molar-refractivity contribution in [2.45, 2.75) is 6.92 Å². The highest BCUT2D eigenvalue weighted by Gasteiger charge is 2.20. The molecule has 0 bridgehead atoms. The number of amides is 2. The number of hydrogen-bond acceptors (Lipinski definition) is 3. The van der Waals surface area contributed by atoms with Gasteiger partial charge >= 0.3 is 0 Å². The fraction of sp³-hybridized carbons (Fsp3) is 0.200. The number of thiophene rings is 1. The van der Waals surface area contributed by atoms with Gasteiger partial charge in [-0.15, -0.1) is 11.3 Å². The number of benzene rings is 1. The van der Waals surface area contributed by atoms with E-state index in [-0.39, 0.29) is 18.4 Å². The standard InChI is InChI=1S/C15H13BrCl2N2O2S/c1-8-5-9(16)3-4-11(8)19-13(21)7-20(2)15(22)10-6-12(17)23-14(10)18/h3-6H,7H2,1-2H3,(H,19,21). The number of nitrogens with zero attached hydrogens (tertiary/aromatic N) is 1. The summed E-state index contributed by atoms with van der Waals surface area (Å²) >= 11 is 16.3. The first-order valence-electron chi connectivity index (χ1n) is 6.54. The molecule has 1 aromatic heterocycles. The van der Waals surface area contributed by atoms with Crippen LogP contribution in [0.5, 0.6) is 0 Å². The van der Waals surface area contributed by atoms with Gasteiger partial charge < -0.3 is 10.2 Å². The lowest BCUT2D eigenvalue weighted by Crippen LogP contribution is -2.35. The van der Waals surface area contributed by atoms with E-state index < -0.39 is 0 Å². The Kier molecular flexibility index (Phi) is 6.08. The van der Waals surface area contributed by atoms with Crippen molar-refractivity contribution < 1.29 is 9.59 Å². The summed E-state index contributed by atoms with van der Waals surface area (Å²) in [5, 5.41) is 2.78. The van der Waals surface area contributed by atoms with Crippen molar-refractivity contribution in [1.82, 2.24) is 4.90 Å². The Bertz CT molecular complexity index is 764. The molecule has 23 heavy (non-hydrogen) atoms. The molecule has 2 aromatic rings. The predicted molar refractivity (Wildman–Crippen MR) is 98.8 cm³/mol. The van der Waals surface area contributed by atoms with Gasteiger partial charge in [-0.3, -0.25) is 9.59 Å². The second-order valence-corrected chi connectivity index (χ2v) is 8.11. The van der Waals surface area contributed by atoms with Crippen molar-refractivity contribution >= 4 is 68.0 Å². The Labute approximate surface area is 156 Å². The van der Waals surface area contributed by atoms with Crippen molar-refractivity contribution in [3.63, 3.8) is 0 Å². The molecule has 0 unspecified atom stereocenters. The molecule has 1 N–H and O–H groups in total. The summed E-state index contributed by atoms with van der Waals surface area (Å²) in [6, 6.07) is 7.04. The molecule has 2 rings (SSSR count). The molecule has 0 fully saturated rings. The molecule has 8 heteroatoms. The summed E-state index contributed by atoms with van der Waals surface area (Å²) in [5.74, 6) is -0.635. The van der Waals surface area contributed by atoms with Crippen LogP contribution in [-0.2, 0) is 4.79 Å². The molecule has 0 atom stereocenters. The second kappa shape index (κ2) is 7.66. The Morgan fingerprint density at radius 2 is 2.00 bits per heavy atom. The van der Waals surface area contributed by atoms with Gasteiger partial charge in [-0.25, -0.2) is 0 Å². The molecule has 1 heterocycles. The van der Waals surface area contributed by atoms with Crippen LogP contribution in [0.4, 0.5) is 5.69 Å². The number of carbonyl (C=O) groups is 2. The molecular formula is C15H13BrCl2N2O2S. The van der Waals surface area contributed by atoms with Gasteiger partial charge in [0, 0.05) is 17.2 Å². The summed E-state index contributed by atoms with van der Waals surface area (Å²) in [6.07, 6.45) is 0. The number of rotatable bonds is 4. The zero-order chi connectivity index (χ0) is 17.1. The van der Waals surface area contributed by atoms with Crippen LogP contribution in [0.1, 0.15) is 15.9 Å². The molecule has 0 spiro atoms. The fourth-order valence-electron chi connectivity index (χ4n) is 1.94. The van der Waals surface area contributed by atoms with E-state index in [1.54, 1.807) is 6.07 Å². The van der Waals surface area contributed by atoms with E-state index in [0.29, 0.717) is 19.9 Å². The van der Waals surface area contributed by atoms with Gasteiger partial charge in [0.1, 0.15) is 4.34 Å². The van der Waals surface area contributed by atoms with Crippen LogP contribution >= 0.6 is 50.5 Å². The number of halogens is 3. The van der Waals surface area contributed by atoms with Crippen molar-refractivity contribution in [2.75, 3.05) is 18.9 Å². The van der Waals surface area contributed by atoms with Crippen LogP contribution < -0.4 is 5.32 Å². The van der Waals surface area contributed by atoms with Gasteiger partial charge in [-0.1, -0.05) is 39.1 Å². The second-order valence-electron chi connectivity index (χ2n) is 4.91. The van der Waals surface area contributed by atoms with E-state index in [1.807, 2.05) is 19.1 Å². The van der Waals surface area contributed by atoms with Crippen molar-refractivity contribution in [3.8, 4) is 0 Å². The minimum atomic E-state index is -0.346. The number of aryl methyl sites for hydroxylation is 1. The van der Waals surface area contributed by atoms with E-state index in [4.69, 9.17) is 23.2 Å². The van der Waals surface area contributed by atoms with E-state index in [0.717, 1.165) is 21.4 Å². The molecule has 0 aliphatic heterocycles. The molecule has 0 aliphatic carbocycles. The zero-order valence-electron chi connectivity index (χ0n) is 12.3. The largest absolute Gasteiger partial charge is 0.332 e. The van der Waals surface area contributed by atoms with E-state index >= 15 is 0 Å². The number of carbonyl (C=O) groups excluding carboxylic acids is 2. The third-order valence-electron chi connectivity index (χ3n) is 3.08. The molecule has 0 saturated heterocycles. The average molecular weight is 436 g/mol. The number of likely N-dealkylation sites (N-methyl/N-ethyl adjacent to an activating group) is 1. The van der Waals surface area contributed by atoms with E-state index in [1.165, 1.54) is 18.0 Å². The van der Waals surface area contributed by atoms with Gasteiger partial charge in [-0.2, -0.15) is 0 Å². The van der Waals surface area contributed by atoms with Gasteiger partial charge in [-0.05, 0) is 36.8 Å². The Morgan fingerprint density at radius 3 is 2.57 bits per heavy atom. The van der Waals surface area contributed by atoms with Crippen LogP contribution in [0.3, 0.4) is 0 Å². The van der Waals surface area contributed by atoms with Gasteiger partial charge in [0.25, 0.3) is 5.91 Å². The third kappa shape index (κ3) is 4.70. The fourth-order valence-corrected chi connectivity index (χ4v) is 3.86. The van der Waals surface area contributed by atoms with Crippen molar-refractivity contribution in [1.29, 1.82) is 0 Å². The quantitative estimate of drug-likeness (QED) is 0.746. The third-order valence-corrected chi connectivity index (χ3v) is 5.06. The maximum absolute atomic E-state index is 12.3. The lowest BCUT2D eigenvalue weighted by molar-refractivity contribution is -0.116. The molecule has 4 nitrogen and oxygen atoms in total. The highest BCUT2D eigenvalue weighted by Crippen LogP contribution is 2.31. The smallest absolute Gasteiger partial charge is 0.256 e. The maximum Gasteiger partial charge on any atom is 0.256 e. The summed E-state index contributed by atoms with van der Waals surface area (Å²) in [5.41, 5.74) is 1.93. The molecule has 122 valence electrons. The van der Waals surface area contributed by atoms with Crippen molar-refractivity contribution in [2.24, 2.45) is 0 Å². The number of nitrogens with one attached hydrogen (secondary N) is 1. The minimum Gasteiger partial charge on any atom is -0.332 e. The van der Waals surface area contributed by atoms with Gasteiger partial charge in [0.2, 0.25) is 5.91 Å². The first-order chi connectivity index (χ1) is 10.8. The minimum absolute atomic E-state index is 0.0852. The first-order valence-corrected chi connectivity index (χ1v) is 8.90. The topological polar surface area (TPSA) is 49.4 Å². The summed E-state index contributed by atoms with van der Waals surface area (Å²) < 4.78 is 1.68. The lowest BCUT2D eigenvalue weighted by atomic mass is 10.2. The summed E-state index contributed by atoms with van der Waals surface area (Å²) in [4.78, 5) is 25.7. The Hall–Kier alpha value is -1.08. The molecule has 2 amide bonds. The number of hydrogen-bond donors (Lipinski definition) is 1. The van der Waals surface area contributed by atoms with Gasteiger partial charge in [0.05, 0.1) is 16.4 Å². The van der Waals surface area contributed by atoms with E-state index in [9.17, 15) is 9.59 Å². The Morgan fingerprint density at radius 1 is 1.30 bits per heavy atom. The van der Waals surface area contributed by atoms with Crippen LogP contribution in [0.15, 0.2) is 28.7 Å². The number of anilines is 1. The predicted octanol–water partition coefficient (Wildman–Crippen LogP) is 4.84. The van der Waals surface area contributed by atoms with Crippen LogP contribution in [0, 0.1) is 6.92 Å². The normalized spacial score (nSPS) is 10.5. The van der Waals surface area contributed by atoms with E-state index in [2.05, 4.69) is 21.2 Å². The van der Waals surface area contributed by atoms with Crippen molar-refractivity contribution in [3.05, 3.63) is 48.5 Å². The molecule has 1 aromatic carbocycles. The van der Waals surface area contributed by atoms with Gasteiger partial charge in [0.15, 0.2) is 0 Å². The monoisotopic (exact) mass is 434 g/mol. The van der Waals surface area contributed by atoms with Crippen LogP contribution in [0.25, 0.3) is 0 Å². The molecule has 0 saturated carbocycles. The maximum atomic E-state index is 12.3. The average Bonchev–Trinajstić information content (AvgIpc) is 2.79. The summed E-state index contributed by atoms with van der Waals surface area (Å²) in [7, 11) is 1.54. The highest BCUT2D eigenvalue weighted by atomic mass is 79.9. The van der Waals surface area contributed by atoms with Crippen LogP contribution in [-0.4, -0.2) is 30.3 Å². The SMILES string of the molecule is Cc1cc(Br)ccc1NC(=O)CN(C)C(=O)c1cc(Cl)sc1Cl. The zero-order valence-corrected chi connectivity index (χ0v) is 16.2. The summed E-state index contributed by atoms with van der Waals surface area (Å²) in [6.45, 7) is 1.81. The molecular weight excluding hydrogens is 423 g/mol. The molecule has 0 radical (unpaired) electrons.